The van der Waals surface area contributed by atoms with E-state index in [2.05, 4.69) is 51.3 Å². The molecule has 2 heterocycles. The molecule has 0 saturated carbocycles. The lowest BCUT2D eigenvalue weighted by atomic mass is 10.1. The molecule has 0 aliphatic carbocycles. The maximum Gasteiger partial charge on any atom is 0.409 e. The average Bonchev–Trinajstić information content (AvgIpc) is 2.54. The Bertz CT molecular complexity index is 552. The summed E-state index contributed by atoms with van der Waals surface area (Å²) in [5.74, 6) is 0. The standard InChI is InChI=1S/C16H22BrN3O2/c1-2-3-8-22-16(21)19-6-7-20-13(11-19)10-18-14-9-12(17)4-5-15(14)20/h4-5,9,13,18H,2-3,6-8,10-11H2,1H3/t13-/m1/s1. The molecular weight excluding hydrogens is 346 g/mol. The first-order valence-electron chi connectivity index (χ1n) is 7.91. The van der Waals surface area contributed by atoms with Crippen molar-refractivity contribution in [1.29, 1.82) is 0 Å². The number of nitrogens with one attached hydrogen (secondary N) is 1. The van der Waals surface area contributed by atoms with E-state index in [1.54, 1.807) is 0 Å². The lowest BCUT2D eigenvalue weighted by Gasteiger charge is -2.45. The third kappa shape index (κ3) is 3.16. The number of carbonyl (C=O) groups is 1. The fourth-order valence-electron chi connectivity index (χ4n) is 3.04. The largest absolute Gasteiger partial charge is 0.449 e. The quantitative estimate of drug-likeness (QED) is 0.832. The minimum atomic E-state index is -0.172. The number of rotatable bonds is 3. The number of benzene rings is 1. The SMILES string of the molecule is CCCCOC(=O)N1CCN2c3ccc(Br)cc3NC[C@@H]2C1. The van der Waals surface area contributed by atoms with Gasteiger partial charge in [-0.05, 0) is 24.6 Å². The maximum atomic E-state index is 12.1. The zero-order chi connectivity index (χ0) is 15.5. The molecule has 1 N–H and O–H groups in total. The second kappa shape index (κ2) is 6.77. The Kier molecular flexibility index (Phi) is 4.76. The molecule has 22 heavy (non-hydrogen) atoms. The van der Waals surface area contributed by atoms with Gasteiger partial charge in [0.25, 0.3) is 0 Å². The van der Waals surface area contributed by atoms with Gasteiger partial charge in [0.05, 0.1) is 24.0 Å². The second-order valence-electron chi connectivity index (χ2n) is 5.80. The third-order valence-corrected chi connectivity index (χ3v) is 4.75. The van der Waals surface area contributed by atoms with E-state index in [0.29, 0.717) is 19.2 Å². The van der Waals surface area contributed by atoms with Crippen molar-refractivity contribution in [2.24, 2.45) is 0 Å². The fraction of sp³-hybridized carbons (Fsp3) is 0.562. The molecule has 5 nitrogen and oxygen atoms in total. The van der Waals surface area contributed by atoms with Crippen molar-refractivity contribution < 1.29 is 9.53 Å². The number of amides is 1. The molecule has 6 heteroatoms. The first kappa shape index (κ1) is 15.5. The number of carbonyl (C=O) groups excluding carboxylic acids is 1. The van der Waals surface area contributed by atoms with Gasteiger partial charge in [-0.15, -0.1) is 0 Å². The van der Waals surface area contributed by atoms with Gasteiger partial charge in [0.15, 0.2) is 0 Å². The Labute approximate surface area is 139 Å². The number of ether oxygens (including phenoxy) is 1. The van der Waals surface area contributed by atoms with Crippen molar-refractivity contribution in [3.05, 3.63) is 22.7 Å². The van der Waals surface area contributed by atoms with Gasteiger partial charge in [-0.2, -0.15) is 0 Å². The van der Waals surface area contributed by atoms with Gasteiger partial charge in [0.1, 0.15) is 0 Å². The zero-order valence-corrected chi connectivity index (χ0v) is 14.4. The molecular formula is C16H22BrN3O2. The van der Waals surface area contributed by atoms with Crippen LogP contribution in [0.15, 0.2) is 22.7 Å². The predicted molar refractivity (Wildman–Crippen MR) is 91.6 cm³/mol. The molecule has 1 aromatic carbocycles. The van der Waals surface area contributed by atoms with Crippen molar-refractivity contribution >= 4 is 33.4 Å². The van der Waals surface area contributed by atoms with Crippen LogP contribution in [0.3, 0.4) is 0 Å². The molecule has 2 aliphatic rings. The summed E-state index contributed by atoms with van der Waals surface area (Å²) in [7, 11) is 0. The third-order valence-electron chi connectivity index (χ3n) is 4.26. The lowest BCUT2D eigenvalue weighted by Crippen LogP contribution is -2.59. The van der Waals surface area contributed by atoms with Crippen molar-refractivity contribution in [3.8, 4) is 0 Å². The minimum absolute atomic E-state index is 0.172. The first-order chi connectivity index (χ1) is 10.7. The highest BCUT2D eigenvalue weighted by Crippen LogP contribution is 2.35. The zero-order valence-electron chi connectivity index (χ0n) is 12.8. The van der Waals surface area contributed by atoms with Gasteiger partial charge >= 0.3 is 6.09 Å². The van der Waals surface area contributed by atoms with Gasteiger partial charge in [-0.25, -0.2) is 4.79 Å². The summed E-state index contributed by atoms with van der Waals surface area (Å²) < 4.78 is 6.41. The van der Waals surface area contributed by atoms with E-state index in [9.17, 15) is 4.79 Å². The van der Waals surface area contributed by atoms with Crippen LogP contribution >= 0.6 is 15.9 Å². The Morgan fingerprint density at radius 2 is 2.32 bits per heavy atom. The monoisotopic (exact) mass is 367 g/mol. The summed E-state index contributed by atoms with van der Waals surface area (Å²) in [5, 5.41) is 3.46. The number of halogens is 1. The van der Waals surface area contributed by atoms with Crippen molar-refractivity contribution in [2.75, 3.05) is 43.0 Å². The molecule has 0 unspecified atom stereocenters. The molecule has 0 aromatic heterocycles. The van der Waals surface area contributed by atoms with Crippen LogP contribution in [0.4, 0.5) is 16.2 Å². The van der Waals surface area contributed by atoms with E-state index < -0.39 is 0 Å². The van der Waals surface area contributed by atoms with E-state index in [1.807, 2.05) is 4.90 Å². The number of nitrogens with zero attached hydrogens (tertiary/aromatic N) is 2. The number of hydrogen-bond donors (Lipinski definition) is 1. The average molecular weight is 368 g/mol. The molecule has 1 aromatic rings. The molecule has 1 saturated heterocycles. The summed E-state index contributed by atoms with van der Waals surface area (Å²) >= 11 is 3.51. The smallest absolute Gasteiger partial charge is 0.409 e. The Morgan fingerprint density at radius 3 is 3.14 bits per heavy atom. The summed E-state index contributed by atoms with van der Waals surface area (Å²) in [6.45, 7) is 5.75. The van der Waals surface area contributed by atoms with E-state index in [1.165, 1.54) is 5.69 Å². The molecule has 1 amide bonds. The molecule has 0 spiro atoms. The van der Waals surface area contributed by atoms with E-state index >= 15 is 0 Å². The maximum absolute atomic E-state index is 12.1. The van der Waals surface area contributed by atoms with Crippen LogP contribution in [-0.4, -0.2) is 49.8 Å². The second-order valence-corrected chi connectivity index (χ2v) is 6.72. The van der Waals surface area contributed by atoms with Crippen LogP contribution in [-0.2, 0) is 4.74 Å². The highest BCUT2D eigenvalue weighted by atomic mass is 79.9. The Morgan fingerprint density at radius 1 is 1.45 bits per heavy atom. The van der Waals surface area contributed by atoms with Gasteiger partial charge in [-0.3, -0.25) is 0 Å². The first-order valence-corrected chi connectivity index (χ1v) is 8.70. The Balaban J connectivity index is 1.64. The number of fused-ring (bicyclic) bond motifs is 3. The van der Waals surface area contributed by atoms with Crippen molar-refractivity contribution in [2.45, 2.75) is 25.8 Å². The van der Waals surface area contributed by atoms with Gasteiger partial charge in [-0.1, -0.05) is 29.3 Å². The normalized spacial score (nSPS) is 20.0. The van der Waals surface area contributed by atoms with E-state index in [4.69, 9.17) is 4.74 Å². The molecule has 3 rings (SSSR count). The fourth-order valence-corrected chi connectivity index (χ4v) is 3.40. The van der Waals surface area contributed by atoms with Crippen molar-refractivity contribution in [3.63, 3.8) is 0 Å². The van der Waals surface area contributed by atoms with Crippen LogP contribution in [0.25, 0.3) is 0 Å². The number of unbranched alkanes of at least 4 members (excludes halogenated alkanes) is 1. The number of anilines is 2. The van der Waals surface area contributed by atoms with Crippen LogP contribution in [0, 0.1) is 0 Å². The van der Waals surface area contributed by atoms with E-state index in [0.717, 1.165) is 42.6 Å². The van der Waals surface area contributed by atoms with Crippen LogP contribution < -0.4 is 10.2 Å². The van der Waals surface area contributed by atoms with E-state index in [-0.39, 0.29) is 6.09 Å². The molecule has 2 aliphatic heterocycles. The molecule has 1 atom stereocenters. The topological polar surface area (TPSA) is 44.8 Å². The molecule has 0 radical (unpaired) electrons. The van der Waals surface area contributed by atoms with Gasteiger partial charge in [0, 0.05) is 30.7 Å². The number of hydrogen-bond acceptors (Lipinski definition) is 4. The van der Waals surface area contributed by atoms with Gasteiger partial charge < -0.3 is 19.9 Å². The van der Waals surface area contributed by atoms with Crippen molar-refractivity contribution in [1.82, 2.24) is 4.90 Å². The summed E-state index contributed by atoms with van der Waals surface area (Å²) in [4.78, 5) is 16.3. The molecule has 1 fully saturated rings. The van der Waals surface area contributed by atoms with Gasteiger partial charge in [0.2, 0.25) is 0 Å². The predicted octanol–water partition coefficient (Wildman–Crippen LogP) is 3.30. The highest BCUT2D eigenvalue weighted by molar-refractivity contribution is 9.10. The highest BCUT2D eigenvalue weighted by Gasteiger charge is 2.33. The van der Waals surface area contributed by atoms with Crippen LogP contribution in [0.5, 0.6) is 0 Å². The summed E-state index contributed by atoms with van der Waals surface area (Å²) in [5.41, 5.74) is 2.38. The lowest BCUT2D eigenvalue weighted by molar-refractivity contribution is 0.0940. The van der Waals surface area contributed by atoms with Crippen LogP contribution in [0.1, 0.15) is 19.8 Å². The Hall–Kier alpha value is -1.43. The van der Waals surface area contributed by atoms with Crippen LogP contribution in [0.2, 0.25) is 0 Å². The molecule has 120 valence electrons. The minimum Gasteiger partial charge on any atom is -0.449 e. The summed E-state index contributed by atoms with van der Waals surface area (Å²) in [6.07, 6.45) is 1.80. The summed E-state index contributed by atoms with van der Waals surface area (Å²) in [6, 6.07) is 6.61. The molecule has 0 bridgehead atoms. The number of piperazine rings is 1.